The van der Waals surface area contributed by atoms with Crippen molar-refractivity contribution >= 4 is 5.97 Å². The van der Waals surface area contributed by atoms with E-state index in [0.29, 0.717) is 18.6 Å². The second kappa shape index (κ2) is 6.02. The van der Waals surface area contributed by atoms with Crippen molar-refractivity contribution in [3.05, 3.63) is 0 Å². The van der Waals surface area contributed by atoms with Crippen molar-refractivity contribution in [2.45, 2.75) is 53.1 Å². The third-order valence-corrected chi connectivity index (χ3v) is 3.48. The summed E-state index contributed by atoms with van der Waals surface area (Å²) in [5.41, 5.74) is 0.235. The van der Waals surface area contributed by atoms with Crippen LogP contribution in [0.1, 0.15) is 41.0 Å². The molecule has 0 aromatic rings. The van der Waals surface area contributed by atoms with Gasteiger partial charge in [-0.15, -0.1) is 0 Å². The lowest BCUT2D eigenvalue weighted by atomic mass is 9.91. The van der Waals surface area contributed by atoms with Crippen LogP contribution in [0.3, 0.4) is 0 Å². The number of hydrogen-bond acceptors (Lipinski definition) is 3. The van der Waals surface area contributed by atoms with Crippen molar-refractivity contribution < 1.29 is 9.90 Å². The molecule has 2 atom stereocenters. The van der Waals surface area contributed by atoms with Crippen LogP contribution in [0.4, 0.5) is 0 Å². The Bertz CT molecular complexity index is 284. The molecule has 0 saturated carbocycles. The maximum absolute atomic E-state index is 11.2. The van der Waals surface area contributed by atoms with Gasteiger partial charge in [0.2, 0.25) is 0 Å². The molecule has 1 heterocycles. The standard InChI is InChI=1S/C14H28N2O2/c1-10(2)16-7-11(13(17)18)6-12(8-16)15-9-14(3,4)5/h10-12,15H,6-9H2,1-5H3,(H,17,18). The van der Waals surface area contributed by atoms with Gasteiger partial charge in [-0.05, 0) is 25.7 Å². The molecule has 1 aliphatic rings. The first-order valence-corrected chi connectivity index (χ1v) is 6.89. The molecule has 2 unspecified atom stereocenters. The van der Waals surface area contributed by atoms with Crippen molar-refractivity contribution in [2.75, 3.05) is 19.6 Å². The van der Waals surface area contributed by atoms with Gasteiger partial charge in [-0.2, -0.15) is 0 Å². The highest BCUT2D eigenvalue weighted by atomic mass is 16.4. The summed E-state index contributed by atoms with van der Waals surface area (Å²) < 4.78 is 0. The van der Waals surface area contributed by atoms with E-state index in [4.69, 9.17) is 0 Å². The minimum Gasteiger partial charge on any atom is -0.481 e. The van der Waals surface area contributed by atoms with Gasteiger partial charge in [-0.25, -0.2) is 0 Å². The molecule has 18 heavy (non-hydrogen) atoms. The van der Waals surface area contributed by atoms with Crippen LogP contribution in [0.5, 0.6) is 0 Å². The van der Waals surface area contributed by atoms with Crippen LogP contribution in [0.2, 0.25) is 0 Å². The first-order chi connectivity index (χ1) is 8.19. The minimum atomic E-state index is -0.664. The Morgan fingerprint density at radius 2 is 2.00 bits per heavy atom. The predicted octanol–water partition coefficient (Wildman–Crippen LogP) is 1.81. The first-order valence-electron chi connectivity index (χ1n) is 6.89. The van der Waals surface area contributed by atoms with Gasteiger partial charge in [0.1, 0.15) is 0 Å². The molecule has 1 fully saturated rings. The molecular weight excluding hydrogens is 228 g/mol. The Morgan fingerprint density at radius 3 is 2.44 bits per heavy atom. The molecule has 0 aliphatic carbocycles. The Labute approximate surface area is 111 Å². The number of nitrogens with one attached hydrogen (secondary N) is 1. The zero-order chi connectivity index (χ0) is 13.9. The van der Waals surface area contributed by atoms with Gasteiger partial charge < -0.3 is 10.4 Å². The number of piperidine rings is 1. The molecule has 0 spiro atoms. The third-order valence-electron chi connectivity index (χ3n) is 3.48. The molecule has 1 saturated heterocycles. The van der Waals surface area contributed by atoms with Crippen LogP contribution in [0.15, 0.2) is 0 Å². The maximum atomic E-state index is 11.2. The summed E-state index contributed by atoms with van der Waals surface area (Å²) in [5.74, 6) is -0.901. The summed E-state index contributed by atoms with van der Waals surface area (Å²) >= 11 is 0. The molecule has 0 amide bonds. The molecule has 106 valence electrons. The highest BCUT2D eigenvalue weighted by Gasteiger charge is 2.32. The summed E-state index contributed by atoms with van der Waals surface area (Å²) in [7, 11) is 0. The van der Waals surface area contributed by atoms with Gasteiger partial charge >= 0.3 is 5.97 Å². The minimum absolute atomic E-state index is 0.235. The number of carboxylic acids is 1. The topological polar surface area (TPSA) is 52.6 Å². The Balaban J connectivity index is 2.59. The van der Waals surface area contributed by atoms with Crippen molar-refractivity contribution in [3.8, 4) is 0 Å². The summed E-state index contributed by atoms with van der Waals surface area (Å²) in [6.45, 7) is 13.4. The average Bonchev–Trinajstić information content (AvgIpc) is 2.25. The Hall–Kier alpha value is -0.610. The highest BCUT2D eigenvalue weighted by molar-refractivity contribution is 5.70. The number of likely N-dealkylation sites (tertiary alicyclic amines) is 1. The molecule has 0 aromatic carbocycles. The SMILES string of the molecule is CC(C)N1CC(NCC(C)(C)C)CC(C(=O)O)C1. The highest BCUT2D eigenvalue weighted by Crippen LogP contribution is 2.20. The van der Waals surface area contributed by atoms with Gasteiger partial charge in [0.05, 0.1) is 5.92 Å². The molecule has 1 aliphatic heterocycles. The van der Waals surface area contributed by atoms with Crippen molar-refractivity contribution in [2.24, 2.45) is 11.3 Å². The van der Waals surface area contributed by atoms with Gasteiger partial charge in [-0.1, -0.05) is 20.8 Å². The molecular formula is C14H28N2O2. The van der Waals surface area contributed by atoms with E-state index in [-0.39, 0.29) is 11.3 Å². The maximum Gasteiger partial charge on any atom is 0.307 e. The molecule has 0 radical (unpaired) electrons. The normalized spacial score (nSPS) is 26.6. The second-order valence-corrected chi connectivity index (χ2v) is 6.96. The molecule has 2 N–H and O–H groups in total. The Kier molecular flexibility index (Phi) is 5.17. The fourth-order valence-electron chi connectivity index (χ4n) is 2.33. The van der Waals surface area contributed by atoms with E-state index in [1.807, 2.05) is 0 Å². The largest absolute Gasteiger partial charge is 0.481 e. The number of aliphatic carboxylic acids is 1. The number of carboxylic acid groups (broad SMARTS) is 1. The van der Waals surface area contributed by atoms with Crippen LogP contribution in [-0.2, 0) is 4.79 Å². The van der Waals surface area contributed by atoms with E-state index in [0.717, 1.165) is 19.5 Å². The van der Waals surface area contributed by atoms with Crippen LogP contribution < -0.4 is 5.32 Å². The lowest BCUT2D eigenvalue weighted by Gasteiger charge is -2.39. The molecule has 1 rings (SSSR count). The Morgan fingerprint density at radius 1 is 1.39 bits per heavy atom. The van der Waals surface area contributed by atoms with Crippen LogP contribution in [0, 0.1) is 11.3 Å². The smallest absolute Gasteiger partial charge is 0.307 e. The summed E-state index contributed by atoms with van der Waals surface area (Å²) in [4.78, 5) is 13.5. The number of rotatable bonds is 4. The lowest BCUT2D eigenvalue weighted by Crippen LogP contribution is -2.54. The fourth-order valence-corrected chi connectivity index (χ4v) is 2.33. The van der Waals surface area contributed by atoms with E-state index >= 15 is 0 Å². The van der Waals surface area contributed by atoms with Crippen molar-refractivity contribution in [1.29, 1.82) is 0 Å². The average molecular weight is 256 g/mol. The third kappa shape index (κ3) is 4.94. The van der Waals surface area contributed by atoms with Gasteiger partial charge in [0, 0.05) is 31.7 Å². The predicted molar refractivity (Wildman–Crippen MR) is 73.7 cm³/mol. The zero-order valence-corrected chi connectivity index (χ0v) is 12.4. The fraction of sp³-hybridized carbons (Fsp3) is 0.929. The molecule has 4 nitrogen and oxygen atoms in total. The van der Waals surface area contributed by atoms with E-state index in [9.17, 15) is 9.90 Å². The van der Waals surface area contributed by atoms with E-state index in [2.05, 4.69) is 44.8 Å². The van der Waals surface area contributed by atoms with Gasteiger partial charge in [0.25, 0.3) is 0 Å². The van der Waals surface area contributed by atoms with E-state index < -0.39 is 5.97 Å². The first kappa shape index (κ1) is 15.4. The summed E-state index contributed by atoms with van der Waals surface area (Å²) in [6, 6.07) is 0.701. The van der Waals surface area contributed by atoms with Crippen molar-refractivity contribution in [3.63, 3.8) is 0 Å². The van der Waals surface area contributed by atoms with Crippen LogP contribution in [0.25, 0.3) is 0 Å². The monoisotopic (exact) mass is 256 g/mol. The number of nitrogens with zero attached hydrogens (tertiary/aromatic N) is 1. The van der Waals surface area contributed by atoms with Crippen molar-refractivity contribution in [1.82, 2.24) is 10.2 Å². The molecule has 0 bridgehead atoms. The van der Waals surface area contributed by atoms with Gasteiger partial charge in [-0.3, -0.25) is 9.69 Å². The summed E-state index contributed by atoms with van der Waals surface area (Å²) in [6.07, 6.45) is 0.745. The number of hydrogen-bond donors (Lipinski definition) is 2. The summed E-state index contributed by atoms with van der Waals surface area (Å²) in [5, 5.41) is 12.8. The van der Waals surface area contributed by atoms with E-state index in [1.165, 1.54) is 0 Å². The molecule has 4 heteroatoms. The zero-order valence-electron chi connectivity index (χ0n) is 12.4. The second-order valence-electron chi connectivity index (χ2n) is 6.96. The quantitative estimate of drug-likeness (QED) is 0.805. The van der Waals surface area contributed by atoms with Gasteiger partial charge in [0.15, 0.2) is 0 Å². The molecule has 0 aromatic heterocycles. The lowest BCUT2D eigenvalue weighted by molar-refractivity contribution is -0.144. The van der Waals surface area contributed by atoms with Crippen LogP contribution in [-0.4, -0.2) is 47.7 Å². The number of carbonyl (C=O) groups is 1. The van der Waals surface area contributed by atoms with E-state index in [1.54, 1.807) is 0 Å². The van der Waals surface area contributed by atoms with Crippen LogP contribution >= 0.6 is 0 Å².